The predicted octanol–water partition coefficient (Wildman–Crippen LogP) is 5.43. The highest BCUT2D eigenvalue weighted by Crippen LogP contribution is 2.41. The molecule has 12 heteroatoms. The van der Waals surface area contributed by atoms with E-state index < -0.39 is 0 Å². The summed E-state index contributed by atoms with van der Waals surface area (Å²) in [6, 6.07) is 11.3. The molecule has 1 atom stereocenters. The first-order valence-electron chi connectivity index (χ1n) is 13.6. The number of nitrogens with one attached hydrogen (secondary N) is 2. The Kier molecular flexibility index (Phi) is 7.78. The summed E-state index contributed by atoms with van der Waals surface area (Å²) in [5, 5.41) is 9.77. The van der Waals surface area contributed by atoms with Crippen LogP contribution in [0.4, 0.5) is 5.95 Å². The number of amides is 2. The van der Waals surface area contributed by atoms with Crippen LogP contribution in [0.25, 0.3) is 5.69 Å². The van der Waals surface area contributed by atoms with E-state index >= 15 is 0 Å². The van der Waals surface area contributed by atoms with Gasteiger partial charge in [-0.3, -0.25) is 14.4 Å². The lowest BCUT2D eigenvalue weighted by atomic mass is 9.98. The van der Waals surface area contributed by atoms with Gasteiger partial charge >= 0.3 is 0 Å². The van der Waals surface area contributed by atoms with Gasteiger partial charge in [-0.2, -0.15) is 0 Å². The van der Waals surface area contributed by atoms with Crippen LogP contribution >= 0.6 is 34.5 Å². The molecule has 0 spiro atoms. The van der Waals surface area contributed by atoms with Crippen LogP contribution in [0.15, 0.2) is 52.6 Å². The number of fused-ring (bicyclic) bond motifs is 1. The molecule has 2 N–H and O–H groups in total. The Balaban J connectivity index is 1.36. The number of carbonyl (C=O) groups is 2. The molecular weight excluding hydrogens is 595 g/mol. The average molecular weight is 624 g/mol. The van der Waals surface area contributed by atoms with E-state index in [0.717, 1.165) is 10.7 Å². The van der Waals surface area contributed by atoms with Gasteiger partial charge in [0.1, 0.15) is 0 Å². The number of thiazole rings is 1. The Hall–Kier alpha value is -3.73. The highest BCUT2D eigenvalue weighted by molar-refractivity contribution is 7.09. The zero-order valence-corrected chi connectivity index (χ0v) is 25.3. The molecule has 2 aromatic heterocycles. The molecule has 2 aromatic carbocycles. The smallest absolute Gasteiger partial charge is 0.263 e. The molecule has 6 rings (SSSR count). The molecule has 42 heavy (non-hydrogen) atoms. The highest BCUT2D eigenvalue weighted by Gasteiger charge is 2.32. The van der Waals surface area contributed by atoms with E-state index in [2.05, 4.69) is 10.6 Å². The summed E-state index contributed by atoms with van der Waals surface area (Å²) in [6.45, 7) is 2.46. The average Bonchev–Trinajstić information content (AvgIpc) is 3.74. The summed E-state index contributed by atoms with van der Waals surface area (Å²) in [6.07, 6.45) is 2.68. The van der Waals surface area contributed by atoms with E-state index in [-0.39, 0.29) is 30.0 Å². The molecular formula is C30H28Cl2N6O3S. The first kappa shape index (κ1) is 28.4. The second-order valence-electron chi connectivity index (χ2n) is 10.5. The van der Waals surface area contributed by atoms with Crippen LogP contribution in [0.1, 0.15) is 68.4 Å². The van der Waals surface area contributed by atoms with Crippen molar-refractivity contribution in [2.24, 2.45) is 0 Å². The van der Waals surface area contributed by atoms with Crippen molar-refractivity contribution in [3.8, 4) is 5.69 Å². The zero-order valence-electron chi connectivity index (χ0n) is 23.0. The fourth-order valence-corrected chi connectivity index (χ4v) is 6.37. The monoisotopic (exact) mass is 622 g/mol. The number of hydrogen-bond donors (Lipinski definition) is 2. The minimum absolute atomic E-state index is 0.165. The SMILES string of the molecule is CNC(=O)c1ccc(-n2c(NCc3csc(C4CC4)n3)nc3c(c2=O)C[C@@H](C)N(C(=O)c2ccc(Cl)c(Cl)c2)C3)cc1. The van der Waals surface area contributed by atoms with E-state index in [0.29, 0.717) is 62.9 Å². The van der Waals surface area contributed by atoms with Gasteiger partial charge in [0.2, 0.25) is 5.95 Å². The molecule has 0 radical (unpaired) electrons. The molecule has 216 valence electrons. The van der Waals surface area contributed by atoms with E-state index in [1.807, 2.05) is 12.3 Å². The normalized spacial score (nSPS) is 16.2. The molecule has 9 nitrogen and oxygen atoms in total. The van der Waals surface area contributed by atoms with Crippen LogP contribution in [0.3, 0.4) is 0 Å². The number of hydrogen-bond acceptors (Lipinski definition) is 7. The Morgan fingerprint density at radius 2 is 1.79 bits per heavy atom. The van der Waals surface area contributed by atoms with Crippen molar-refractivity contribution in [2.45, 2.75) is 51.2 Å². The Bertz CT molecular complexity index is 1750. The van der Waals surface area contributed by atoms with Gasteiger partial charge in [0, 0.05) is 41.1 Å². The molecule has 0 saturated heterocycles. The molecule has 2 aliphatic rings. The van der Waals surface area contributed by atoms with Gasteiger partial charge in [0.25, 0.3) is 17.4 Å². The minimum Gasteiger partial charge on any atom is -0.355 e. The number of carbonyl (C=O) groups excluding carboxylic acids is 2. The molecule has 2 amide bonds. The van der Waals surface area contributed by atoms with Crippen molar-refractivity contribution in [1.82, 2.24) is 24.8 Å². The molecule has 1 aliphatic carbocycles. The van der Waals surface area contributed by atoms with Gasteiger partial charge in [0.15, 0.2) is 0 Å². The number of anilines is 1. The predicted molar refractivity (Wildman–Crippen MR) is 164 cm³/mol. The van der Waals surface area contributed by atoms with Crippen LogP contribution in [-0.2, 0) is 19.5 Å². The first-order valence-corrected chi connectivity index (χ1v) is 15.3. The number of nitrogens with zero attached hydrogens (tertiary/aromatic N) is 4. The van der Waals surface area contributed by atoms with Gasteiger partial charge in [-0.1, -0.05) is 23.2 Å². The minimum atomic E-state index is -0.257. The zero-order chi connectivity index (χ0) is 29.5. The van der Waals surface area contributed by atoms with Crippen LogP contribution < -0.4 is 16.2 Å². The van der Waals surface area contributed by atoms with Gasteiger partial charge in [-0.15, -0.1) is 11.3 Å². The molecule has 1 fully saturated rings. The third-order valence-corrected chi connectivity index (χ3v) is 9.37. The highest BCUT2D eigenvalue weighted by atomic mass is 35.5. The summed E-state index contributed by atoms with van der Waals surface area (Å²) >= 11 is 13.9. The van der Waals surface area contributed by atoms with Gasteiger partial charge < -0.3 is 15.5 Å². The van der Waals surface area contributed by atoms with Gasteiger partial charge in [-0.05, 0) is 68.7 Å². The lowest BCUT2D eigenvalue weighted by molar-refractivity contribution is 0.0653. The third-order valence-electron chi connectivity index (χ3n) is 7.58. The third kappa shape index (κ3) is 5.54. The summed E-state index contributed by atoms with van der Waals surface area (Å²) in [5.74, 6) is 0.464. The van der Waals surface area contributed by atoms with Gasteiger partial charge in [0.05, 0.1) is 45.2 Å². The van der Waals surface area contributed by atoms with Crippen molar-refractivity contribution >= 4 is 52.3 Å². The van der Waals surface area contributed by atoms with Crippen LogP contribution in [0.5, 0.6) is 0 Å². The Morgan fingerprint density at radius 3 is 2.48 bits per heavy atom. The van der Waals surface area contributed by atoms with E-state index in [1.54, 1.807) is 65.7 Å². The fraction of sp³-hybridized carbons (Fsp3) is 0.300. The fourth-order valence-electron chi connectivity index (χ4n) is 5.08. The second kappa shape index (κ2) is 11.5. The summed E-state index contributed by atoms with van der Waals surface area (Å²) in [5.41, 5.74) is 3.20. The molecule has 1 saturated carbocycles. The largest absolute Gasteiger partial charge is 0.355 e. The molecule has 0 unspecified atom stereocenters. The van der Waals surface area contributed by atoms with Crippen molar-refractivity contribution in [3.05, 3.63) is 101 Å². The van der Waals surface area contributed by atoms with Crippen molar-refractivity contribution in [3.63, 3.8) is 0 Å². The van der Waals surface area contributed by atoms with Crippen LogP contribution in [0.2, 0.25) is 10.0 Å². The van der Waals surface area contributed by atoms with E-state index in [1.165, 1.54) is 17.4 Å². The van der Waals surface area contributed by atoms with Crippen molar-refractivity contribution in [2.75, 3.05) is 12.4 Å². The van der Waals surface area contributed by atoms with E-state index in [4.69, 9.17) is 33.2 Å². The number of aromatic nitrogens is 3. The van der Waals surface area contributed by atoms with Gasteiger partial charge in [-0.25, -0.2) is 14.5 Å². The lowest BCUT2D eigenvalue weighted by Gasteiger charge is -2.34. The topological polar surface area (TPSA) is 109 Å². The summed E-state index contributed by atoms with van der Waals surface area (Å²) in [7, 11) is 1.57. The number of benzene rings is 2. The standard InChI is InChI=1S/C30H28Cl2N6O3S/c1-16-11-22-25(14-37(16)28(40)19-7-10-23(31)24(32)12-19)36-30(34-13-20-15-42-27(35-20)18-3-4-18)38(29(22)41)21-8-5-17(6-9-21)26(39)33-2/h5-10,12,15-16,18H,3-4,11,13-14H2,1-2H3,(H,33,39)(H,34,36)/t16-/m1/s1. The maximum absolute atomic E-state index is 14.1. The Morgan fingerprint density at radius 1 is 1.05 bits per heavy atom. The number of halogens is 2. The summed E-state index contributed by atoms with van der Waals surface area (Å²) in [4.78, 5) is 51.0. The molecule has 3 heterocycles. The second-order valence-corrected chi connectivity index (χ2v) is 12.3. The summed E-state index contributed by atoms with van der Waals surface area (Å²) < 4.78 is 1.53. The Labute approximate surface area is 256 Å². The van der Waals surface area contributed by atoms with Crippen molar-refractivity contribution in [1.29, 1.82) is 0 Å². The molecule has 1 aliphatic heterocycles. The first-order chi connectivity index (χ1) is 20.2. The quantitative estimate of drug-likeness (QED) is 0.284. The van der Waals surface area contributed by atoms with Crippen LogP contribution in [-0.4, -0.2) is 44.3 Å². The number of rotatable bonds is 7. The molecule has 4 aromatic rings. The maximum atomic E-state index is 14.1. The van der Waals surface area contributed by atoms with Crippen LogP contribution in [0, 0.1) is 0 Å². The van der Waals surface area contributed by atoms with E-state index in [9.17, 15) is 14.4 Å². The lowest BCUT2D eigenvalue weighted by Crippen LogP contribution is -2.46. The molecule has 0 bridgehead atoms. The van der Waals surface area contributed by atoms with Crippen molar-refractivity contribution < 1.29 is 9.59 Å². The maximum Gasteiger partial charge on any atom is 0.263 e.